The fraction of sp³-hybridized carbons (Fsp3) is 0.727. The zero-order valence-electron chi connectivity index (χ0n) is 9.93. The van der Waals surface area contributed by atoms with Crippen molar-refractivity contribution in [1.82, 2.24) is 15.1 Å². The topological polar surface area (TPSA) is 29.9 Å². The van der Waals surface area contributed by atoms with Crippen molar-refractivity contribution < 1.29 is 13.2 Å². The van der Waals surface area contributed by atoms with Crippen LogP contribution in [0, 0.1) is 0 Å². The molecule has 0 saturated heterocycles. The molecule has 0 unspecified atom stereocenters. The van der Waals surface area contributed by atoms with E-state index in [4.69, 9.17) is 0 Å². The first-order valence-electron chi connectivity index (χ1n) is 5.81. The number of hydrogen-bond acceptors (Lipinski definition) is 2. The van der Waals surface area contributed by atoms with E-state index in [0.29, 0.717) is 19.5 Å². The Morgan fingerprint density at radius 1 is 1.35 bits per heavy atom. The first-order valence-corrected chi connectivity index (χ1v) is 5.81. The zero-order valence-corrected chi connectivity index (χ0v) is 9.93. The Hall–Kier alpha value is -1.04. The van der Waals surface area contributed by atoms with Crippen LogP contribution in [0.1, 0.15) is 31.9 Å². The molecule has 6 heteroatoms. The Morgan fingerprint density at radius 3 is 2.76 bits per heavy atom. The molecule has 1 aromatic heterocycles. The molecule has 1 aromatic rings. The Balaban J connectivity index is 2.09. The first kappa shape index (κ1) is 14.0. The molecular weight excluding hydrogens is 231 g/mol. The summed E-state index contributed by atoms with van der Waals surface area (Å²) >= 11 is 0. The predicted octanol–water partition coefficient (Wildman–Crippen LogP) is 2.73. The summed E-state index contributed by atoms with van der Waals surface area (Å²) in [5.74, 6) is 0. The van der Waals surface area contributed by atoms with Crippen molar-refractivity contribution in [3.8, 4) is 0 Å². The molecular formula is C11H18F3N3. The molecule has 0 radical (unpaired) electrons. The minimum Gasteiger partial charge on any atom is -0.311 e. The van der Waals surface area contributed by atoms with Gasteiger partial charge >= 0.3 is 6.18 Å². The molecule has 0 aliphatic rings. The lowest BCUT2D eigenvalue weighted by Gasteiger charge is -2.08. The van der Waals surface area contributed by atoms with Crippen LogP contribution >= 0.6 is 0 Å². The summed E-state index contributed by atoms with van der Waals surface area (Å²) in [7, 11) is 0. The van der Waals surface area contributed by atoms with E-state index in [1.165, 1.54) is 0 Å². The quantitative estimate of drug-likeness (QED) is 0.753. The zero-order chi connectivity index (χ0) is 12.7. The second-order valence-electron chi connectivity index (χ2n) is 3.89. The number of aromatic nitrogens is 2. The van der Waals surface area contributed by atoms with Gasteiger partial charge in [-0.3, -0.25) is 4.68 Å². The smallest absolute Gasteiger partial charge is 0.311 e. The highest BCUT2D eigenvalue weighted by Gasteiger charge is 2.25. The number of alkyl halides is 3. The highest BCUT2D eigenvalue weighted by Crippen LogP contribution is 2.21. The maximum Gasteiger partial charge on any atom is 0.389 e. The van der Waals surface area contributed by atoms with Crippen molar-refractivity contribution in [2.24, 2.45) is 0 Å². The average Bonchev–Trinajstić information content (AvgIpc) is 2.69. The van der Waals surface area contributed by atoms with Crippen LogP contribution in [-0.4, -0.2) is 22.5 Å². The van der Waals surface area contributed by atoms with Crippen LogP contribution in [0.5, 0.6) is 0 Å². The number of halogens is 3. The molecule has 0 aromatic carbocycles. The highest BCUT2D eigenvalue weighted by atomic mass is 19.4. The second-order valence-corrected chi connectivity index (χ2v) is 3.89. The lowest BCUT2D eigenvalue weighted by molar-refractivity contribution is -0.135. The van der Waals surface area contributed by atoms with Gasteiger partial charge in [-0.05, 0) is 32.4 Å². The molecule has 17 heavy (non-hydrogen) atoms. The fourth-order valence-electron chi connectivity index (χ4n) is 1.59. The molecule has 1 rings (SSSR count). The minimum atomic E-state index is -4.03. The summed E-state index contributed by atoms with van der Waals surface area (Å²) in [4.78, 5) is 0. The third-order valence-corrected chi connectivity index (χ3v) is 2.47. The van der Waals surface area contributed by atoms with Gasteiger partial charge in [0.05, 0.1) is 5.69 Å². The van der Waals surface area contributed by atoms with Crippen molar-refractivity contribution in [2.75, 3.05) is 6.54 Å². The van der Waals surface area contributed by atoms with Crippen molar-refractivity contribution in [2.45, 2.75) is 45.5 Å². The van der Waals surface area contributed by atoms with Gasteiger partial charge in [0.25, 0.3) is 0 Å². The van der Waals surface area contributed by atoms with Crippen LogP contribution in [0.2, 0.25) is 0 Å². The molecule has 98 valence electrons. The molecule has 0 fully saturated rings. The number of unbranched alkanes of at least 4 members (excludes halogenated alkanes) is 1. The number of nitrogens with zero attached hydrogens (tertiary/aromatic N) is 2. The molecule has 1 heterocycles. The normalized spacial score (nSPS) is 12.0. The van der Waals surface area contributed by atoms with Crippen LogP contribution < -0.4 is 5.32 Å². The van der Waals surface area contributed by atoms with Crippen molar-refractivity contribution in [3.63, 3.8) is 0 Å². The van der Waals surface area contributed by atoms with E-state index in [-0.39, 0.29) is 6.42 Å². The molecule has 3 nitrogen and oxygen atoms in total. The van der Waals surface area contributed by atoms with Crippen LogP contribution in [0.4, 0.5) is 13.2 Å². The molecule has 1 N–H and O–H groups in total. The van der Waals surface area contributed by atoms with Crippen LogP contribution in [0.15, 0.2) is 12.3 Å². The Kier molecular flexibility index (Phi) is 5.47. The summed E-state index contributed by atoms with van der Waals surface area (Å²) in [6, 6.07) is 1.91. The molecule has 0 amide bonds. The van der Waals surface area contributed by atoms with Gasteiger partial charge in [-0.2, -0.15) is 18.3 Å². The van der Waals surface area contributed by atoms with Gasteiger partial charge in [0.15, 0.2) is 0 Å². The van der Waals surface area contributed by atoms with Crippen molar-refractivity contribution in [3.05, 3.63) is 18.0 Å². The van der Waals surface area contributed by atoms with Gasteiger partial charge in [-0.25, -0.2) is 0 Å². The van der Waals surface area contributed by atoms with E-state index >= 15 is 0 Å². The summed E-state index contributed by atoms with van der Waals surface area (Å²) < 4.78 is 37.4. The average molecular weight is 249 g/mol. The SMILES string of the molecule is CCn1nccc1CNCCCCC(F)(F)F. The van der Waals surface area contributed by atoms with E-state index in [1.807, 2.05) is 17.7 Å². The Labute approximate surface area is 99.0 Å². The van der Waals surface area contributed by atoms with Gasteiger partial charge in [0.1, 0.15) is 0 Å². The van der Waals surface area contributed by atoms with Gasteiger partial charge in [0, 0.05) is 25.7 Å². The minimum absolute atomic E-state index is 0.184. The van der Waals surface area contributed by atoms with Gasteiger partial charge in [-0.15, -0.1) is 0 Å². The third kappa shape index (κ3) is 5.72. The third-order valence-electron chi connectivity index (χ3n) is 2.47. The molecule has 0 aliphatic heterocycles. The number of nitrogens with one attached hydrogen (secondary N) is 1. The Morgan fingerprint density at radius 2 is 2.12 bits per heavy atom. The van der Waals surface area contributed by atoms with Gasteiger partial charge in [0.2, 0.25) is 0 Å². The maximum atomic E-state index is 11.9. The van der Waals surface area contributed by atoms with Crippen molar-refractivity contribution >= 4 is 0 Å². The lowest BCUT2D eigenvalue weighted by Crippen LogP contribution is -2.18. The number of hydrogen-bond donors (Lipinski definition) is 1. The summed E-state index contributed by atoms with van der Waals surface area (Å²) in [5.41, 5.74) is 1.06. The summed E-state index contributed by atoms with van der Waals surface area (Å²) in [6.45, 7) is 4.06. The number of rotatable bonds is 7. The summed E-state index contributed by atoms with van der Waals surface area (Å²) in [5, 5.41) is 7.23. The van der Waals surface area contributed by atoms with E-state index in [2.05, 4.69) is 10.4 Å². The second kappa shape index (κ2) is 6.64. The lowest BCUT2D eigenvalue weighted by atomic mass is 10.2. The van der Waals surface area contributed by atoms with E-state index in [9.17, 15) is 13.2 Å². The van der Waals surface area contributed by atoms with E-state index in [1.54, 1.807) is 6.20 Å². The van der Waals surface area contributed by atoms with E-state index < -0.39 is 12.6 Å². The van der Waals surface area contributed by atoms with E-state index in [0.717, 1.165) is 12.2 Å². The van der Waals surface area contributed by atoms with Gasteiger partial charge < -0.3 is 5.32 Å². The molecule has 0 spiro atoms. The summed E-state index contributed by atoms with van der Waals surface area (Å²) in [6.07, 6.45) is -2.27. The molecule has 0 saturated carbocycles. The predicted molar refractivity (Wildman–Crippen MR) is 59.5 cm³/mol. The Bertz CT molecular complexity index is 320. The molecule has 0 bridgehead atoms. The van der Waals surface area contributed by atoms with Crippen molar-refractivity contribution in [1.29, 1.82) is 0 Å². The largest absolute Gasteiger partial charge is 0.389 e. The molecule has 0 atom stereocenters. The van der Waals surface area contributed by atoms with Crippen LogP contribution in [-0.2, 0) is 13.1 Å². The number of aryl methyl sites for hydroxylation is 1. The first-order chi connectivity index (χ1) is 8.03. The van der Waals surface area contributed by atoms with Crippen LogP contribution in [0.3, 0.4) is 0 Å². The van der Waals surface area contributed by atoms with Gasteiger partial charge in [-0.1, -0.05) is 0 Å². The standard InChI is InChI=1S/C11H18F3N3/c1-2-17-10(5-8-16-17)9-15-7-4-3-6-11(12,13)14/h5,8,15H,2-4,6-7,9H2,1H3. The molecule has 0 aliphatic carbocycles. The monoisotopic (exact) mass is 249 g/mol. The van der Waals surface area contributed by atoms with Crippen LogP contribution in [0.25, 0.3) is 0 Å². The highest BCUT2D eigenvalue weighted by molar-refractivity contribution is 4.99. The maximum absolute atomic E-state index is 11.9. The fourth-order valence-corrected chi connectivity index (χ4v) is 1.59.